The molecule has 0 spiro atoms. The molecule has 228 valence electrons. The van der Waals surface area contributed by atoms with Crippen LogP contribution in [0.5, 0.6) is 34.5 Å². The molecule has 11 nitrogen and oxygen atoms in total. The molecule has 0 saturated heterocycles. The van der Waals surface area contributed by atoms with Gasteiger partial charge in [-0.15, -0.1) is 0 Å². The SMILES string of the molecule is COc1cc(C(=O)OC2CCCOc3cc(cc(OC)c3OC)COCCOCCN(C)CC2)cc(OC)c1OC. The fraction of sp³-hybridized carbons (Fsp3) is 0.567. The molecule has 41 heavy (non-hydrogen) atoms. The molecule has 0 N–H and O–H groups in total. The highest BCUT2D eigenvalue weighted by Crippen LogP contribution is 2.40. The predicted octanol–water partition coefficient (Wildman–Crippen LogP) is 3.98. The van der Waals surface area contributed by atoms with E-state index in [4.69, 9.17) is 42.6 Å². The van der Waals surface area contributed by atoms with Crippen molar-refractivity contribution in [1.29, 1.82) is 0 Å². The minimum absolute atomic E-state index is 0.313. The van der Waals surface area contributed by atoms with Crippen LogP contribution in [0, 0.1) is 0 Å². The van der Waals surface area contributed by atoms with Gasteiger partial charge in [-0.05, 0) is 56.1 Å². The molecule has 1 aliphatic heterocycles. The summed E-state index contributed by atoms with van der Waals surface area (Å²) in [5.41, 5.74) is 1.21. The fourth-order valence-electron chi connectivity index (χ4n) is 4.45. The number of benzene rings is 2. The number of esters is 1. The van der Waals surface area contributed by atoms with Crippen LogP contribution in [0.25, 0.3) is 0 Å². The van der Waals surface area contributed by atoms with Crippen molar-refractivity contribution in [3.63, 3.8) is 0 Å². The van der Waals surface area contributed by atoms with Crippen molar-refractivity contribution in [3.05, 3.63) is 35.4 Å². The maximum atomic E-state index is 13.3. The zero-order valence-corrected chi connectivity index (χ0v) is 25.0. The number of carbonyl (C=O) groups excluding carboxylic acids is 1. The van der Waals surface area contributed by atoms with Crippen LogP contribution in [-0.4, -0.2) is 99.1 Å². The molecule has 2 aromatic rings. The van der Waals surface area contributed by atoms with Crippen LogP contribution in [0.1, 0.15) is 35.2 Å². The van der Waals surface area contributed by atoms with Crippen LogP contribution in [0.2, 0.25) is 0 Å². The van der Waals surface area contributed by atoms with Crippen LogP contribution < -0.4 is 28.4 Å². The average Bonchev–Trinajstić information content (AvgIpc) is 2.99. The van der Waals surface area contributed by atoms with Crippen LogP contribution in [-0.2, 0) is 20.8 Å². The Kier molecular flexibility index (Phi) is 13.1. The van der Waals surface area contributed by atoms with Crippen molar-refractivity contribution < 1.29 is 47.4 Å². The van der Waals surface area contributed by atoms with E-state index in [1.54, 1.807) is 26.4 Å². The van der Waals surface area contributed by atoms with Gasteiger partial charge in [-0.3, -0.25) is 0 Å². The summed E-state index contributed by atoms with van der Waals surface area (Å²) < 4.78 is 50.9. The number of likely N-dealkylation sites (N-methyl/N-ethyl adjacent to an activating group) is 1. The number of nitrogens with zero attached hydrogens (tertiary/aromatic N) is 1. The monoisotopic (exact) mass is 577 g/mol. The normalized spacial score (nSPS) is 17.8. The molecule has 1 atom stereocenters. The van der Waals surface area contributed by atoms with Crippen molar-refractivity contribution >= 4 is 5.97 Å². The Morgan fingerprint density at radius 3 is 2.07 bits per heavy atom. The van der Waals surface area contributed by atoms with Crippen LogP contribution in [0.3, 0.4) is 0 Å². The molecule has 0 radical (unpaired) electrons. The summed E-state index contributed by atoms with van der Waals surface area (Å²) in [6, 6.07) is 6.95. The average molecular weight is 578 g/mol. The van der Waals surface area contributed by atoms with Gasteiger partial charge in [0.05, 0.1) is 74.1 Å². The minimum atomic E-state index is -0.470. The van der Waals surface area contributed by atoms with Crippen LogP contribution in [0.15, 0.2) is 24.3 Å². The summed E-state index contributed by atoms with van der Waals surface area (Å²) in [7, 11) is 9.70. The van der Waals surface area contributed by atoms with Gasteiger partial charge in [-0.1, -0.05) is 0 Å². The molecule has 1 aliphatic rings. The molecule has 11 heteroatoms. The Morgan fingerprint density at radius 2 is 1.41 bits per heavy atom. The second-order valence-electron chi connectivity index (χ2n) is 9.52. The third-order valence-electron chi connectivity index (χ3n) is 6.70. The lowest BCUT2D eigenvalue weighted by molar-refractivity contribution is 0.0192. The van der Waals surface area contributed by atoms with Crippen molar-refractivity contribution in [1.82, 2.24) is 4.90 Å². The molecule has 1 unspecified atom stereocenters. The second-order valence-corrected chi connectivity index (χ2v) is 9.52. The molecular formula is C30H43NO10. The van der Waals surface area contributed by atoms with Crippen molar-refractivity contribution in [2.75, 3.05) is 82.1 Å². The van der Waals surface area contributed by atoms with Crippen molar-refractivity contribution in [2.24, 2.45) is 0 Å². The summed E-state index contributed by atoms with van der Waals surface area (Å²) in [5, 5.41) is 0. The van der Waals surface area contributed by atoms with Gasteiger partial charge < -0.3 is 47.5 Å². The quantitative estimate of drug-likeness (QED) is 0.447. The Morgan fingerprint density at radius 1 is 0.756 bits per heavy atom. The van der Waals surface area contributed by atoms with Gasteiger partial charge >= 0.3 is 5.97 Å². The first kappa shape index (κ1) is 32.1. The molecule has 0 amide bonds. The molecule has 1 heterocycles. The number of hydrogen-bond donors (Lipinski definition) is 0. The maximum absolute atomic E-state index is 13.3. The zero-order chi connectivity index (χ0) is 29.6. The molecule has 0 saturated carbocycles. The molecule has 3 rings (SSSR count). The highest BCUT2D eigenvalue weighted by Gasteiger charge is 2.22. The summed E-state index contributed by atoms with van der Waals surface area (Å²) in [6.45, 7) is 3.78. The molecule has 2 bridgehead atoms. The van der Waals surface area contributed by atoms with E-state index in [1.807, 2.05) is 19.2 Å². The van der Waals surface area contributed by atoms with Gasteiger partial charge in [0, 0.05) is 13.1 Å². The summed E-state index contributed by atoms with van der Waals surface area (Å²) in [5.74, 6) is 2.35. The first-order valence-electron chi connectivity index (χ1n) is 13.7. The number of rotatable bonds is 7. The van der Waals surface area contributed by atoms with Crippen molar-refractivity contribution in [3.8, 4) is 34.5 Å². The Labute approximate surface area is 242 Å². The van der Waals surface area contributed by atoms with Gasteiger partial charge in [-0.25, -0.2) is 4.79 Å². The van der Waals surface area contributed by atoms with E-state index in [9.17, 15) is 4.79 Å². The number of fused-ring (bicyclic) bond motifs is 2. The van der Waals surface area contributed by atoms with E-state index < -0.39 is 5.97 Å². The van der Waals surface area contributed by atoms with E-state index in [2.05, 4.69) is 4.90 Å². The van der Waals surface area contributed by atoms with Gasteiger partial charge in [-0.2, -0.15) is 0 Å². The van der Waals surface area contributed by atoms with Crippen LogP contribution in [0.4, 0.5) is 0 Å². The molecule has 0 fully saturated rings. The number of methoxy groups -OCH3 is 5. The minimum Gasteiger partial charge on any atom is -0.493 e. The molecule has 2 aromatic carbocycles. The highest BCUT2D eigenvalue weighted by molar-refractivity contribution is 5.91. The third kappa shape index (κ3) is 9.31. The van der Waals surface area contributed by atoms with E-state index in [0.717, 1.165) is 18.7 Å². The van der Waals surface area contributed by atoms with E-state index in [0.29, 0.717) is 92.4 Å². The zero-order valence-electron chi connectivity index (χ0n) is 25.0. The van der Waals surface area contributed by atoms with Gasteiger partial charge in [0.2, 0.25) is 11.5 Å². The maximum Gasteiger partial charge on any atom is 0.338 e. The lowest BCUT2D eigenvalue weighted by atomic mass is 10.1. The van der Waals surface area contributed by atoms with Gasteiger partial charge in [0.15, 0.2) is 23.0 Å². The fourth-order valence-corrected chi connectivity index (χ4v) is 4.45. The smallest absolute Gasteiger partial charge is 0.338 e. The predicted molar refractivity (Wildman–Crippen MR) is 152 cm³/mol. The van der Waals surface area contributed by atoms with E-state index in [-0.39, 0.29) is 6.10 Å². The number of hydrogen-bond acceptors (Lipinski definition) is 11. The van der Waals surface area contributed by atoms with E-state index in [1.165, 1.54) is 21.3 Å². The largest absolute Gasteiger partial charge is 0.493 e. The van der Waals surface area contributed by atoms with Gasteiger partial charge in [0.1, 0.15) is 6.10 Å². The Hall–Kier alpha value is -3.41. The molecular weight excluding hydrogens is 534 g/mol. The number of ether oxygens (including phenoxy) is 9. The number of carbonyl (C=O) groups is 1. The lowest BCUT2D eigenvalue weighted by Crippen LogP contribution is -2.29. The van der Waals surface area contributed by atoms with E-state index >= 15 is 0 Å². The third-order valence-corrected chi connectivity index (χ3v) is 6.70. The van der Waals surface area contributed by atoms with Crippen molar-refractivity contribution in [2.45, 2.75) is 32.0 Å². The van der Waals surface area contributed by atoms with Gasteiger partial charge in [0.25, 0.3) is 0 Å². The Balaban J connectivity index is 1.77. The lowest BCUT2D eigenvalue weighted by Gasteiger charge is -2.23. The first-order chi connectivity index (χ1) is 19.9. The Bertz CT molecular complexity index is 1080. The molecule has 0 aliphatic carbocycles. The summed E-state index contributed by atoms with van der Waals surface area (Å²) in [6.07, 6.45) is 1.54. The standard InChI is InChI=1S/C30H43NO10/c1-31-10-9-23(41-30(32)22-18-25(34-3)28(36-5)26(19-22)35-4)8-7-12-40-27-17-21(16-24(33-2)29(27)37-6)20-39-15-14-38-13-11-31/h16-19,23H,7-15,20H2,1-6H3. The summed E-state index contributed by atoms with van der Waals surface area (Å²) in [4.78, 5) is 15.4. The molecule has 0 aromatic heterocycles. The topological polar surface area (TPSA) is 103 Å². The van der Waals surface area contributed by atoms with Crippen LogP contribution >= 0.6 is 0 Å². The summed E-state index contributed by atoms with van der Waals surface area (Å²) >= 11 is 0. The highest BCUT2D eigenvalue weighted by atomic mass is 16.6. The first-order valence-corrected chi connectivity index (χ1v) is 13.7. The second kappa shape index (κ2) is 16.8.